The zero-order valence-corrected chi connectivity index (χ0v) is 17.3. The van der Waals surface area contributed by atoms with Crippen molar-refractivity contribution in [2.45, 2.75) is 19.9 Å². The molecule has 0 aliphatic rings. The summed E-state index contributed by atoms with van der Waals surface area (Å²) in [7, 11) is -2.23. The summed E-state index contributed by atoms with van der Waals surface area (Å²) in [6, 6.07) is 13.8. The summed E-state index contributed by atoms with van der Waals surface area (Å²) < 4.78 is 36.2. The lowest BCUT2D eigenvalue weighted by atomic mass is 10.1. The third-order valence-electron chi connectivity index (χ3n) is 4.11. The van der Waals surface area contributed by atoms with Crippen LogP contribution in [0, 0.1) is 0 Å². The summed E-state index contributed by atoms with van der Waals surface area (Å²) in [5.74, 6) is 0.710. The van der Waals surface area contributed by atoms with Gasteiger partial charge < -0.3 is 14.8 Å². The average Bonchev–Trinajstić information content (AvgIpc) is 2.66. The van der Waals surface area contributed by atoms with Crippen LogP contribution in [0.15, 0.2) is 48.5 Å². The van der Waals surface area contributed by atoms with Crippen LogP contribution >= 0.6 is 0 Å². The molecular weight excluding hydrogens is 380 g/mol. The molecule has 0 aromatic heterocycles. The number of carbonyl (C=O) groups is 1. The number of benzene rings is 2. The Bertz CT molecular complexity index is 897. The number of hydrogen-bond acceptors (Lipinski definition) is 5. The first kappa shape index (κ1) is 21.6. The van der Waals surface area contributed by atoms with E-state index in [9.17, 15) is 13.2 Å². The van der Waals surface area contributed by atoms with Gasteiger partial charge in [0.25, 0.3) is 0 Å². The molecule has 0 heterocycles. The molecule has 2 rings (SSSR count). The van der Waals surface area contributed by atoms with Crippen molar-refractivity contribution in [1.29, 1.82) is 0 Å². The lowest BCUT2D eigenvalue weighted by molar-refractivity contribution is -0.120. The van der Waals surface area contributed by atoms with Gasteiger partial charge in [0, 0.05) is 0 Å². The molecule has 1 N–H and O–H groups in total. The maximum absolute atomic E-state index is 12.5. The van der Waals surface area contributed by atoms with Gasteiger partial charge in [0.2, 0.25) is 15.9 Å². The minimum Gasteiger partial charge on any atom is -0.495 e. The molecule has 2 aromatic carbocycles. The van der Waals surface area contributed by atoms with Crippen LogP contribution in [0.5, 0.6) is 11.5 Å². The van der Waals surface area contributed by atoms with E-state index in [1.807, 2.05) is 38.1 Å². The molecule has 0 saturated carbocycles. The van der Waals surface area contributed by atoms with Gasteiger partial charge in [0.05, 0.1) is 31.7 Å². The Morgan fingerprint density at radius 2 is 1.79 bits per heavy atom. The van der Waals surface area contributed by atoms with Gasteiger partial charge in [-0.05, 0) is 43.7 Å². The fourth-order valence-electron chi connectivity index (χ4n) is 2.74. The Morgan fingerprint density at radius 3 is 2.36 bits per heavy atom. The number of rotatable bonds is 9. The summed E-state index contributed by atoms with van der Waals surface area (Å²) in [5.41, 5.74) is 1.20. The van der Waals surface area contributed by atoms with Crippen LogP contribution in [-0.2, 0) is 14.8 Å². The Labute approximate surface area is 166 Å². The van der Waals surface area contributed by atoms with Crippen LogP contribution in [0.1, 0.15) is 25.5 Å². The number of nitrogens with one attached hydrogen (secondary N) is 1. The zero-order chi connectivity index (χ0) is 20.7. The maximum atomic E-state index is 12.5. The van der Waals surface area contributed by atoms with Crippen LogP contribution < -0.4 is 19.1 Å². The van der Waals surface area contributed by atoms with Crippen molar-refractivity contribution in [3.63, 3.8) is 0 Å². The summed E-state index contributed by atoms with van der Waals surface area (Å²) in [5, 5.41) is 2.83. The second-order valence-electron chi connectivity index (χ2n) is 6.23. The largest absolute Gasteiger partial charge is 0.495 e. The molecule has 8 heteroatoms. The minimum atomic E-state index is -3.68. The smallest absolute Gasteiger partial charge is 0.241 e. The molecular formula is C20H26N2O5S. The molecule has 0 radical (unpaired) electrons. The third kappa shape index (κ3) is 5.63. The van der Waals surface area contributed by atoms with Crippen molar-refractivity contribution in [3.8, 4) is 11.5 Å². The standard InChI is InChI=1S/C20H26N2O5S/c1-5-27-17-12-10-16(11-13-17)15(2)21-20(23)14-22(28(4,24)25)18-8-6-7-9-19(18)26-3/h6-13,15H,5,14H2,1-4H3,(H,21,23)/t15-/m1/s1. The number of sulfonamides is 1. The van der Waals surface area contributed by atoms with E-state index in [4.69, 9.17) is 9.47 Å². The number of carbonyl (C=O) groups excluding carboxylic acids is 1. The monoisotopic (exact) mass is 406 g/mol. The predicted molar refractivity (Wildman–Crippen MR) is 109 cm³/mol. The molecule has 0 bridgehead atoms. The van der Waals surface area contributed by atoms with E-state index in [0.29, 0.717) is 18.0 Å². The third-order valence-corrected chi connectivity index (χ3v) is 5.24. The summed E-state index contributed by atoms with van der Waals surface area (Å²) in [4.78, 5) is 12.5. The molecule has 0 unspecified atom stereocenters. The number of hydrogen-bond donors (Lipinski definition) is 1. The van der Waals surface area contributed by atoms with Crippen LogP contribution in [0.3, 0.4) is 0 Å². The highest BCUT2D eigenvalue weighted by molar-refractivity contribution is 7.92. The number of ether oxygens (including phenoxy) is 2. The molecule has 0 fully saturated rings. The minimum absolute atomic E-state index is 0.290. The number of anilines is 1. The molecule has 0 spiro atoms. The first-order chi connectivity index (χ1) is 13.3. The van der Waals surface area contributed by atoms with Gasteiger partial charge in [0.15, 0.2) is 0 Å². The van der Waals surface area contributed by atoms with Gasteiger partial charge in [-0.2, -0.15) is 0 Å². The van der Waals surface area contributed by atoms with E-state index >= 15 is 0 Å². The van der Waals surface area contributed by atoms with Crippen LogP contribution in [-0.4, -0.2) is 40.8 Å². The van der Waals surface area contributed by atoms with Crippen molar-refractivity contribution in [2.24, 2.45) is 0 Å². The molecule has 0 aliphatic heterocycles. The van der Waals surface area contributed by atoms with Gasteiger partial charge in [-0.25, -0.2) is 8.42 Å². The number of nitrogens with zero attached hydrogens (tertiary/aromatic N) is 1. The average molecular weight is 407 g/mol. The van der Waals surface area contributed by atoms with Gasteiger partial charge in [-0.3, -0.25) is 9.10 Å². The second kappa shape index (κ2) is 9.45. The van der Waals surface area contributed by atoms with E-state index < -0.39 is 15.9 Å². The van der Waals surface area contributed by atoms with Crippen molar-refractivity contribution in [1.82, 2.24) is 5.32 Å². The van der Waals surface area contributed by atoms with Crippen molar-refractivity contribution < 1.29 is 22.7 Å². The SMILES string of the molecule is CCOc1ccc([C@@H](C)NC(=O)CN(c2ccccc2OC)S(C)(=O)=O)cc1. The topological polar surface area (TPSA) is 84.9 Å². The van der Waals surface area contributed by atoms with Gasteiger partial charge in [-0.1, -0.05) is 24.3 Å². The van der Waals surface area contributed by atoms with Crippen LogP contribution in [0.4, 0.5) is 5.69 Å². The lowest BCUT2D eigenvalue weighted by Gasteiger charge is -2.24. The molecule has 0 saturated heterocycles. The van der Waals surface area contributed by atoms with Crippen LogP contribution in [0.2, 0.25) is 0 Å². The number of methoxy groups -OCH3 is 1. The highest BCUT2D eigenvalue weighted by Gasteiger charge is 2.24. The first-order valence-corrected chi connectivity index (χ1v) is 10.7. The van der Waals surface area contributed by atoms with Crippen molar-refractivity contribution in [3.05, 3.63) is 54.1 Å². The molecule has 28 heavy (non-hydrogen) atoms. The predicted octanol–water partition coefficient (Wildman–Crippen LogP) is 2.74. The molecule has 152 valence electrons. The summed E-state index contributed by atoms with van der Waals surface area (Å²) >= 11 is 0. The Morgan fingerprint density at radius 1 is 1.14 bits per heavy atom. The van der Waals surface area contributed by atoms with Crippen LogP contribution in [0.25, 0.3) is 0 Å². The summed E-state index contributed by atoms with van der Waals surface area (Å²) in [6.45, 7) is 3.98. The Balaban J connectivity index is 2.13. The highest BCUT2D eigenvalue weighted by atomic mass is 32.2. The van der Waals surface area contributed by atoms with E-state index in [0.717, 1.165) is 21.9 Å². The van der Waals surface area contributed by atoms with E-state index in [2.05, 4.69) is 5.32 Å². The van der Waals surface area contributed by atoms with Gasteiger partial charge in [-0.15, -0.1) is 0 Å². The van der Waals surface area contributed by atoms with Gasteiger partial charge >= 0.3 is 0 Å². The first-order valence-electron chi connectivity index (χ1n) is 8.89. The van der Waals surface area contributed by atoms with E-state index in [1.165, 1.54) is 7.11 Å². The quantitative estimate of drug-likeness (QED) is 0.692. The lowest BCUT2D eigenvalue weighted by Crippen LogP contribution is -2.41. The van der Waals surface area contributed by atoms with E-state index in [-0.39, 0.29) is 12.6 Å². The van der Waals surface area contributed by atoms with Crippen molar-refractivity contribution in [2.75, 3.05) is 30.8 Å². The molecule has 1 atom stereocenters. The van der Waals surface area contributed by atoms with Crippen molar-refractivity contribution >= 4 is 21.6 Å². The fraction of sp³-hybridized carbons (Fsp3) is 0.350. The normalized spacial score (nSPS) is 12.1. The second-order valence-corrected chi connectivity index (χ2v) is 8.14. The Hall–Kier alpha value is -2.74. The maximum Gasteiger partial charge on any atom is 0.241 e. The fourth-order valence-corrected chi connectivity index (χ4v) is 3.60. The van der Waals surface area contributed by atoms with E-state index in [1.54, 1.807) is 24.3 Å². The molecule has 2 aromatic rings. The Kier molecular flexibility index (Phi) is 7.28. The highest BCUT2D eigenvalue weighted by Crippen LogP contribution is 2.29. The zero-order valence-electron chi connectivity index (χ0n) is 16.5. The number of amides is 1. The number of para-hydroxylation sites is 2. The molecule has 1 amide bonds. The molecule has 0 aliphatic carbocycles. The molecule has 7 nitrogen and oxygen atoms in total. The van der Waals surface area contributed by atoms with Gasteiger partial charge in [0.1, 0.15) is 18.0 Å². The summed E-state index contributed by atoms with van der Waals surface area (Å²) in [6.07, 6.45) is 1.06.